The van der Waals surface area contributed by atoms with Crippen molar-refractivity contribution in [2.75, 3.05) is 46.4 Å². The zero-order chi connectivity index (χ0) is 32.5. The van der Waals surface area contributed by atoms with Crippen LogP contribution in [0, 0.1) is 11.3 Å². The summed E-state index contributed by atoms with van der Waals surface area (Å²) in [6.45, 7) is 6.63. The Balaban J connectivity index is 1.24. The number of carbonyl (C=O) groups is 2. The van der Waals surface area contributed by atoms with Crippen LogP contribution in [0.25, 0.3) is 0 Å². The van der Waals surface area contributed by atoms with E-state index in [2.05, 4.69) is 16.3 Å². The normalized spacial score (nSPS) is 22.4. The molecule has 0 aromatic heterocycles. The lowest BCUT2D eigenvalue weighted by atomic mass is 10.0. The van der Waals surface area contributed by atoms with E-state index in [1.807, 2.05) is 42.2 Å². The van der Waals surface area contributed by atoms with Gasteiger partial charge in [-0.05, 0) is 75.5 Å². The Morgan fingerprint density at radius 1 is 1.11 bits per heavy atom. The second-order valence-electron chi connectivity index (χ2n) is 12.5. The summed E-state index contributed by atoms with van der Waals surface area (Å²) in [7, 11) is 1.51. The monoisotopic (exact) mass is 629 g/mol. The fraction of sp³-hybridized carbons (Fsp3) is 0.543. The van der Waals surface area contributed by atoms with E-state index in [9.17, 15) is 14.9 Å². The smallest absolute Gasteiger partial charge is 0.288 e. The van der Waals surface area contributed by atoms with Gasteiger partial charge in [0.05, 0.1) is 31.3 Å². The summed E-state index contributed by atoms with van der Waals surface area (Å²) in [6.07, 6.45) is 6.07. The fourth-order valence-electron chi connectivity index (χ4n) is 6.54. The summed E-state index contributed by atoms with van der Waals surface area (Å²) in [4.78, 5) is 38.4. The predicted octanol–water partition coefficient (Wildman–Crippen LogP) is 3.20. The van der Waals surface area contributed by atoms with Crippen LogP contribution in [0.4, 0.5) is 0 Å². The number of nitriles is 1. The second-order valence-corrected chi connectivity index (χ2v) is 12.5. The van der Waals surface area contributed by atoms with Crippen LogP contribution in [0.3, 0.4) is 0 Å². The molecular weight excluding hydrogens is 582 g/mol. The first-order chi connectivity index (χ1) is 22.4. The van der Waals surface area contributed by atoms with Crippen molar-refractivity contribution in [3.05, 3.63) is 65.2 Å². The Morgan fingerprint density at radius 3 is 2.63 bits per heavy atom. The number of hydrogen-bond donors (Lipinski definition) is 2. The predicted molar refractivity (Wildman–Crippen MR) is 176 cm³/mol. The summed E-state index contributed by atoms with van der Waals surface area (Å²) >= 11 is 0. The molecule has 3 N–H and O–H groups in total. The number of likely N-dealkylation sites (tertiary alicyclic amines) is 1. The zero-order valence-electron chi connectivity index (χ0n) is 27.1. The minimum absolute atomic E-state index is 0.0888. The molecule has 2 amide bonds. The minimum atomic E-state index is -0.779. The second kappa shape index (κ2) is 15.9. The van der Waals surface area contributed by atoms with Crippen LogP contribution in [0.15, 0.2) is 53.5 Å². The first-order valence-electron chi connectivity index (χ1n) is 16.6. The summed E-state index contributed by atoms with van der Waals surface area (Å²) in [5.74, 6) is -0.0489. The summed E-state index contributed by atoms with van der Waals surface area (Å²) in [5.41, 5.74) is 8.72. The molecule has 2 saturated heterocycles. The molecule has 0 spiro atoms. The molecule has 3 aliphatic heterocycles. The van der Waals surface area contributed by atoms with Crippen molar-refractivity contribution in [3.63, 3.8) is 0 Å². The highest BCUT2D eigenvalue weighted by molar-refractivity contribution is 5.91. The number of piperazine rings is 1. The quantitative estimate of drug-likeness (QED) is 0.362. The molecule has 0 saturated carbocycles. The van der Waals surface area contributed by atoms with Crippen molar-refractivity contribution in [1.29, 1.82) is 5.26 Å². The highest BCUT2D eigenvalue weighted by atomic mass is 16.5. The summed E-state index contributed by atoms with van der Waals surface area (Å²) in [5, 5.41) is 12.3. The maximum Gasteiger partial charge on any atom is 0.288 e. The van der Waals surface area contributed by atoms with Gasteiger partial charge >= 0.3 is 0 Å². The molecule has 4 atom stereocenters. The number of amides is 2. The van der Waals surface area contributed by atoms with Crippen molar-refractivity contribution < 1.29 is 19.1 Å². The van der Waals surface area contributed by atoms with Gasteiger partial charge in [0.1, 0.15) is 24.0 Å². The van der Waals surface area contributed by atoms with E-state index < -0.39 is 12.1 Å². The molecule has 0 unspecified atom stereocenters. The molecule has 0 aliphatic carbocycles. The number of rotatable bonds is 11. The molecule has 0 radical (unpaired) electrons. The molecular formula is C35H47N7O4. The maximum absolute atomic E-state index is 13.8. The largest absolute Gasteiger partial charge is 0.495 e. The van der Waals surface area contributed by atoms with E-state index in [-0.39, 0.29) is 37.0 Å². The molecule has 2 fully saturated rings. The number of methoxy groups -OCH3 is 1. The molecule has 246 valence electrons. The number of nitrogens with one attached hydrogen (secondary N) is 1. The third-order valence-electron chi connectivity index (χ3n) is 9.21. The molecule has 46 heavy (non-hydrogen) atoms. The number of aliphatic imine (C=N–C) groups is 1. The lowest BCUT2D eigenvalue weighted by molar-refractivity contribution is -0.144. The standard InChI is InChI=1S/C35H47N7O4/c1-25-32(27-11-5-3-6-12-27)46-35(39-25)41-19-20-42(34(44)29(37)13-7-10-18-40-16-8-4-9-17-40)30(24-41)33(43)38-23-26-14-15-28(22-36)31(21-26)45-2/h3,5-6,11-12,14-15,21,25,29-30,32H,4,7-10,13,16-20,23-24,37H2,1-2H3,(H,38,43)/t25-,29+,30-,32+/m0/s1. The number of nitrogens with two attached hydrogens (primary N) is 1. The van der Waals surface area contributed by atoms with E-state index in [1.54, 1.807) is 23.1 Å². The molecule has 0 bridgehead atoms. The summed E-state index contributed by atoms with van der Waals surface area (Å²) < 4.78 is 11.7. The third-order valence-corrected chi connectivity index (χ3v) is 9.21. The van der Waals surface area contributed by atoms with E-state index in [4.69, 9.17) is 20.2 Å². The van der Waals surface area contributed by atoms with Crippen LogP contribution in [-0.2, 0) is 20.9 Å². The average Bonchev–Trinajstić information content (AvgIpc) is 3.50. The van der Waals surface area contributed by atoms with Crippen LogP contribution >= 0.6 is 0 Å². The molecule has 3 heterocycles. The van der Waals surface area contributed by atoms with Gasteiger partial charge in [-0.2, -0.15) is 5.26 Å². The topological polar surface area (TPSA) is 137 Å². The van der Waals surface area contributed by atoms with Crippen molar-refractivity contribution >= 4 is 17.8 Å². The molecule has 11 heteroatoms. The minimum Gasteiger partial charge on any atom is -0.495 e. The van der Waals surface area contributed by atoms with Crippen LogP contribution in [0.1, 0.15) is 68.2 Å². The number of ether oxygens (including phenoxy) is 2. The highest BCUT2D eigenvalue weighted by Crippen LogP contribution is 2.30. The molecule has 3 aliphatic rings. The first-order valence-corrected chi connectivity index (χ1v) is 16.6. The SMILES string of the molecule is COc1cc(CNC(=O)[C@@H]2CN(C3=N[C@@H](C)[C@H](c4ccccc4)O3)CCN2C(=O)[C@H](N)CCCCN2CCCCC2)ccc1C#N. The van der Waals surface area contributed by atoms with Gasteiger partial charge in [-0.3, -0.25) is 9.59 Å². The van der Waals surface area contributed by atoms with Crippen molar-refractivity contribution in [2.24, 2.45) is 10.7 Å². The number of carbonyl (C=O) groups excluding carboxylic acids is 2. The Labute approximate surface area is 272 Å². The molecule has 5 rings (SSSR count). The van der Waals surface area contributed by atoms with Gasteiger partial charge in [-0.1, -0.05) is 49.2 Å². The van der Waals surface area contributed by atoms with Gasteiger partial charge in [-0.25, -0.2) is 4.99 Å². The Bertz CT molecular complexity index is 1410. The number of nitrogens with zero attached hydrogens (tertiary/aromatic N) is 5. The van der Waals surface area contributed by atoms with E-state index in [0.29, 0.717) is 36.8 Å². The molecule has 11 nitrogen and oxygen atoms in total. The van der Waals surface area contributed by atoms with Crippen molar-refractivity contribution in [1.82, 2.24) is 20.0 Å². The van der Waals surface area contributed by atoms with Gasteiger partial charge in [0.2, 0.25) is 11.8 Å². The lowest BCUT2D eigenvalue weighted by Crippen LogP contribution is -2.63. The summed E-state index contributed by atoms with van der Waals surface area (Å²) in [6, 6.07) is 16.2. The average molecular weight is 630 g/mol. The third kappa shape index (κ3) is 8.17. The number of benzene rings is 2. The van der Waals surface area contributed by atoms with Crippen LogP contribution in [-0.4, -0.2) is 97.0 Å². The van der Waals surface area contributed by atoms with E-state index in [0.717, 1.165) is 43.6 Å². The number of unbranched alkanes of at least 4 members (excludes halogenated alkanes) is 1. The fourth-order valence-corrected chi connectivity index (χ4v) is 6.54. The lowest BCUT2D eigenvalue weighted by Gasteiger charge is -2.41. The van der Waals surface area contributed by atoms with Crippen LogP contribution in [0.5, 0.6) is 5.75 Å². The highest BCUT2D eigenvalue weighted by Gasteiger charge is 2.41. The van der Waals surface area contributed by atoms with Gasteiger partial charge < -0.3 is 35.2 Å². The Kier molecular flexibility index (Phi) is 11.5. The van der Waals surface area contributed by atoms with E-state index in [1.165, 1.54) is 26.4 Å². The van der Waals surface area contributed by atoms with Crippen LogP contribution in [0.2, 0.25) is 0 Å². The number of piperidine rings is 1. The van der Waals surface area contributed by atoms with Gasteiger partial charge in [0.25, 0.3) is 6.02 Å². The number of hydrogen-bond acceptors (Lipinski definition) is 9. The Morgan fingerprint density at radius 2 is 1.89 bits per heavy atom. The van der Waals surface area contributed by atoms with Crippen LogP contribution < -0.4 is 15.8 Å². The van der Waals surface area contributed by atoms with E-state index >= 15 is 0 Å². The zero-order valence-corrected chi connectivity index (χ0v) is 27.1. The van der Waals surface area contributed by atoms with Crippen molar-refractivity contribution in [2.45, 2.75) is 76.2 Å². The molecule has 2 aromatic carbocycles. The maximum atomic E-state index is 13.8. The number of amidine groups is 1. The van der Waals surface area contributed by atoms with Gasteiger partial charge in [0.15, 0.2) is 0 Å². The Hall–Kier alpha value is -4.14. The molecule has 2 aromatic rings. The first kappa shape index (κ1) is 33.2. The van der Waals surface area contributed by atoms with Crippen molar-refractivity contribution in [3.8, 4) is 11.8 Å². The van der Waals surface area contributed by atoms with Gasteiger partial charge in [-0.15, -0.1) is 0 Å². The van der Waals surface area contributed by atoms with Gasteiger partial charge in [0, 0.05) is 19.6 Å².